The molecule has 0 amide bonds. The fraction of sp³-hybridized carbons (Fsp3) is 0.333. The Morgan fingerprint density at radius 3 is 2.59 bits per heavy atom. The molecule has 5 heteroatoms. The molecule has 17 heavy (non-hydrogen) atoms. The normalized spacial score (nSPS) is 11.3. The van der Waals surface area contributed by atoms with Crippen molar-refractivity contribution in [1.29, 1.82) is 0 Å². The van der Waals surface area contributed by atoms with Crippen LogP contribution in [0.3, 0.4) is 0 Å². The van der Waals surface area contributed by atoms with Gasteiger partial charge in [-0.1, -0.05) is 27.6 Å². The SMILES string of the molecule is CC(C)=CCNS(=O)(=O)c1ccc(Br)c(C)c1. The monoisotopic (exact) mass is 317 g/mol. The molecule has 0 atom stereocenters. The highest BCUT2D eigenvalue weighted by molar-refractivity contribution is 9.10. The van der Waals surface area contributed by atoms with Gasteiger partial charge in [0.05, 0.1) is 4.90 Å². The number of aryl methyl sites for hydroxylation is 1. The topological polar surface area (TPSA) is 46.2 Å². The molecule has 0 aliphatic carbocycles. The van der Waals surface area contributed by atoms with Crippen molar-refractivity contribution in [3.63, 3.8) is 0 Å². The van der Waals surface area contributed by atoms with Gasteiger partial charge in [-0.2, -0.15) is 0 Å². The second-order valence-electron chi connectivity index (χ2n) is 4.04. The minimum Gasteiger partial charge on any atom is -0.207 e. The fourth-order valence-corrected chi connectivity index (χ4v) is 2.52. The van der Waals surface area contributed by atoms with E-state index in [1.807, 2.05) is 26.8 Å². The van der Waals surface area contributed by atoms with Gasteiger partial charge >= 0.3 is 0 Å². The summed E-state index contributed by atoms with van der Waals surface area (Å²) in [6, 6.07) is 4.97. The molecule has 3 nitrogen and oxygen atoms in total. The van der Waals surface area contributed by atoms with E-state index in [0.717, 1.165) is 15.6 Å². The Balaban J connectivity index is 2.90. The first-order valence-electron chi connectivity index (χ1n) is 5.22. The summed E-state index contributed by atoms with van der Waals surface area (Å²) in [7, 11) is -3.41. The van der Waals surface area contributed by atoms with Crippen molar-refractivity contribution in [1.82, 2.24) is 4.72 Å². The van der Waals surface area contributed by atoms with Crippen molar-refractivity contribution in [2.45, 2.75) is 25.7 Å². The molecule has 0 spiro atoms. The molecule has 1 aromatic carbocycles. The van der Waals surface area contributed by atoms with Gasteiger partial charge in [-0.15, -0.1) is 0 Å². The molecule has 0 radical (unpaired) electrons. The molecular weight excluding hydrogens is 302 g/mol. The summed E-state index contributed by atoms with van der Waals surface area (Å²) < 4.78 is 27.3. The number of halogens is 1. The zero-order valence-electron chi connectivity index (χ0n) is 10.1. The Kier molecular flexibility index (Phi) is 4.91. The summed E-state index contributed by atoms with van der Waals surface area (Å²) in [5, 5.41) is 0. The van der Waals surface area contributed by atoms with Crippen LogP contribution in [0.25, 0.3) is 0 Å². The number of hydrogen-bond acceptors (Lipinski definition) is 2. The number of benzene rings is 1. The zero-order valence-corrected chi connectivity index (χ0v) is 12.5. The average Bonchev–Trinajstić information content (AvgIpc) is 2.21. The summed E-state index contributed by atoms with van der Waals surface area (Å²) >= 11 is 3.34. The Morgan fingerprint density at radius 1 is 1.41 bits per heavy atom. The average molecular weight is 318 g/mol. The summed E-state index contributed by atoms with van der Waals surface area (Å²) in [5.74, 6) is 0. The van der Waals surface area contributed by atoms with Crippen LogP contribution in [0.15, 0.2) is 39.2 Å². The van der Waals surface area contributed by atoms with Crippen LogP contribution in [-0.4, -0.2) is 15.0 Å². The van der Waals surface area contributed by atoms with Crippen LogP contribution in [0.2, 0.25) is 0 Å². The molecule has 0 saturated heterocycles. The van der Waals surface area contributed by atoms with Crippen LogP contribution in [0.1, 0.15) is 19.4 Å². The summed E-state index contributed by atoms with van der Waals surface area (Å²) in [5.41, 5.74) is 1.98. The second-order valence-corrected chi connectivity index (χ2v) is 6.67. The molecule has 0 aliphatic rings. The van der Waals surface area contributed by atoms with Crippen molar-refractivity contribution >= 4 is 26.0 Å². The predicted octanol–water partition coefficient (Wildman–Crippen LogP) is 3.00. The van der Waals surface area contributed by atoms with Gasteiger partial charge in [-0.05, 0) is 44.5 Å². The molecule has 94 valence electrons. The van der Waals surface area contributed by atoms with E-state index in [9.17, 15) is 8.42 Å². The molecule has 1 rings (SSSR count). The molecule has 0 aliphatic heterocycles. The third-order valence-corrected chi connectivity index (χ3v) is 4.53. The van der Waals surface area contributed by atoms with Crippen molar-refractivity contribution in [2.24, 2.45) is 0 Å². The highest BCUT2D eigenvalue weighted by atomic mass is 79.9. The molecule has 0 aromatic heterocycles. The van der Waals surface area contributed by atoms with Gasteiger partial charge < -0.3 is 0 Å². The second kappa shape index (κ2) is 5.80. The van der Waals surface area contributed by atoms with Gasteiger partial charge in [0.25, 0.3) is 0 Å². The third kappa shape index (κ3) is 4.26. The van der Waals surface area contributed by atoms with Gasteiger partial charge in [0.2, 0.25) is 10.0 Å². The molecule has 0 unspecified atom stereocenters. The number of hydrogen-bond donors (Lipinski definition) is 1. The summed E-state index contributed by atoms with van der Waals surface area (Å²) in [4.78, 5) is 0.292. The predicted molar refractivity (Wildman–Crippen MR) is 73.5 cm³/mol. The highest BCUT2D eigenvalue weighted by Gasteiger charge is 2.13. The van der Waals surface area contributed by atoms with Crippen LogP contribution in [0, 0.1) is 6.92 Å². The van der Waals surface area contributed by atoms with Crippen LogP contribution in [0.4, 0.5) is 0 Å². The lowest BCUT2D eigenvalue weighted by Crippen LogP contribution is -2.24. The quantitative estimate of drug-likeness (QED) is 0.868. The smallest absolute Gasteiger partial charge is 0.207 e. The molecule has 0 bridgehead atoms. The van der Waals surface area contributed by atoms with Crippen LogP contribution >= 0.6 is 15.9 Å². The lowest BCUT2D eigenvalue weighted by Gasteiger charge is -2.06. The number of sulfonamides is 1. The molecule has 1 aromatic rings. The fourth-order valence-electron chi connectivity index (χ4n) is 1.22. The lowest BCUT2D eigenvalue weighted by molar-refractivity contribution is 0.585. The zero-order chi connectivity index (χ0) is 13.1. The summed E-state index contributed by atoms with van der Waals surface area (Å²) in [6.45, 7) is 6.04. The van der Waals surface area contributed by atoms with Gasteiger partial charge in [-0.25, -0.2) is 13.1 Å². The van der Waals surface area contributed by atoms with Crippen LogP contribution in [0.5, 0.6) is 0 Å². The van der Waals surface area contributed by atoms with E-state index < -0.39 is 10.0 Å². The Morgan fingerprint density at radius 2 is 2.06 bits per heavy atom. The first-order chi connectivity index (χ1) is 7.83. The van der Waals surface area contributed by atoms with E-state index >= 15 is 0 Å². The first-order valence-corrected chi connectivity index (χ1v) is 7.50. The highest BCUT2D eigenvalue weighted by Crippen LogP contribution is 2.19. The number of nitrogens with one attached hydrogen (secondary N) is 1. The number of rotatable bonds is 4. The van der Waals surface area contributed by atoms with Crippen molar-refractivity contribution in [3.8, 4) is 0 Å². The first kappa shape index (κ1) is 14.4. The van der Waals surface area contributed by atoms with Gasteiger partial charge in [-0.3, -0.25) is 0 Å². The van der Waals surface area contributed by atoms with Crippen molar-refractivity contribution in [2.75, 3.05) is 6.54 Å². The standard InChI is InChI=1S/C12H16BrNO2S/c1-9(2)6-7-14-17(15,16)11-4-5-12(13)10(3)8-11/h4-6,8,14H,7H2,1-3H3. The Labute approximate surface area is 111 Å². The van der Waals surface area contributed by atoms with E-state index in [2.05, 4.69) is 20.7 Å². The molecule has 1 N–H and O–H groups in total. The maximum atomic E-state index is 11.9. The van der Waals surface area contributed by atoms with E-state index in [-0.39, 0.29) is 0 Å². The Hall–Kier alpha value is -0.650. The van der Waals surface area contributed by atoms with Crippen LogP contribution < -0.4 is 4.72 Å². The minimum atomic E-state index is -3.41. The molecular formula is C12H16BrNO2S. The maximum Gasteiger partial charge on any atom is 0.240 e. The minimum absolute atomic E-state index is 0.292. The third-order valence-electron chi connectivity index (χ3n) is 2.22. The van der Waals surface area contributed by atoms with Crippen molar-refractivity contribution in [3.05, 3.63) is 39.9 Å². The van der Waals surface area contributed by atoms with Gasteiger partial charge in [0.1, 0.15) is 0 Å². The maximum absolute atomic E-state index is 11.9. The van der Waals surface area contributed by atoms with Gasteiger partial charge in [0.15, 0.2) is 0 Å². The van der Waals surface area contributed by atoms with Crippen LogP contribution in [-0.2, 0) is 10.0 Å². The lowest BCUT2D eigenvalue weighted by atomic mass is 10.2. The van der Waals surface area contributed by atoms with E-state index in [4.69, 9.17) is 0 Å². The largest absolute Gasteiger partial charge is 0.240 e. The van der Waals surface area contributed by atoms with E-state index in [0.29, 0.717) is 11.4 Å². The van der Waals surface area contributed by atoms with Gasteiger partial charge in [0, 0.05) is 11.0 Å². The van der Waals surface area contributed by atoms with E-state index in [1.165, 1.54) is 0 Å². The molecule has 0 fully saturated rings. The summed E-state index contributed by atoms with van der Waals surface area (Å²) in [6.07, 6.45) is 1.84. The van der Waals surface area contributed by atoms with Crippen molar-refractivity contribution < 1.29 is 8.42 Å². The number of allylic oxidation sites excluding steroid dienone is 1. The Bertz CT molecular complexity index is 531. The molecule has 0 saturated carbocycles. The molecule has 0 heterocycles. The van der Waals surface area contributed by atoms with E-state index in [1.54, 1.807) is 18.2 Å².